The zero-order valence-corrected chi connectivity index (χ0v) is 10.8. The largest absolute Gasteiger partial charge is 0.444 e. The minimum absolute atomic E-state index is 0.335. The quantitative estimate of drug-likeness (QED) is 0.754. The van der Waals surface area contributed by atoms with Crippen LogP contribution in [0.25, 0.3) is 0 Å². The number of aromatic nitrogens is 2. The van der Waals surface area contributed by atoms with Crippen LogP contribution in [0.5, 0.6) is 0 Å². The smallest absolute Gasteiger partial charge is 0.411 e. The molecule has 1 amide bonds. The van der Waals surface area contributed by atoms with Crippen LogP contribution in [0.15, 0.2) is 10.9 Å². The fourth-order valence-electron chi connectivity index (χ4n) is 1.68. The van der Waals surface area contributed by atoms with Crippen LogP contribution in [0.1, 0.15) is 32.7 Å². The minimum Gasteiger partial charge on any atom is -0.444 e. The van der Waals surface area contributed by atoms with Crippen LogP contribution in [0, 0.1) is 0 Å². The zero-order valence-electron chi connectivity index (χ0n) is 10.8. The highest BCUT2D eigenvalue weighted by Crippen LogP contribution is 2.24. The van der Waals surface area contributed by atoms with Crippen LogP contribution in [0.3, 0.4) is 0 Å². The van der Waals surface area contributed by atoms with Gasteiger partial charge in [0.05, 0.1) is 13.2 Å². The van der Waals surface area contributed by atoms with Crippen LogP contribution in [0.2, 0.25) is 0 Å². The van der Waals surface area contributed by atoms with E-state index in [0.29, 0.717) is 25.6 Å². The Labute approximate surface area is 105 Å². The lowest BCUT2D eigenvalue weighted by Gasteiger charge is -2.34. The van der Waals surface area contributed by atoms with E-state index in [1.54, 1.807) is 4.90 Å². The molecule has 0 unspecified atom stereocenters. The van der Waals surface area contributed by atoms with Crippen LogP contribution in [0.4, 0.5) is 4.79 Å². The van der Waals surface area contributed by atoms with Gasteiger partial charge in [-0.05, 0) is 20.8 Å². The van der Waals surface area contributed by atoms with Crippen molar-refractivity contribution in [2.75, 3.05) is 19.8 Å². The molecule has 0 spiro atoms. The predicted molar refractivity (Wildman–Crippen MR) is 60.8 cm³/mol. The first-order valence-electron chi connectivity index (χ1n) is 5.81. The molecule has 1 aromatic rings. The zero-order chi connectivity index (χ0) is 13.2. The molecule has 0 bridgehead atoms. The van der Waals surface area contributed by atoms with Gasteiger partial charge in [-0.1, -0.05) is 5.16 Å². The van der Waals surface area contributed by atoms with Crippen molar-refractivity contribution in [3.63, 3.8) is 0 Å². The molecule has 100 valence electrons. The number of hydrogen-bond acceptors (Lipinski definition) is 6. The van der Waals surface area contributed by atoms with Crippen molar-refractivity contribution < 1.29 is 18.8 Å². The molecule has 2 rings (SSSR count). The highest BCUT2D eigenvalue weighted by molar-refractivity contribution is 5.68. The number of nitrogens with zero attached hydrogens (tertiary/aromatic N) is 3. The molecule has 0 aromatic carbocycles. The first-order valence-corrected chi connectivity index (χ1v) is 5.81. The second-order valence-electron chi connectivity index (χ2n) is 5.04. The van der Waals surface area contributed by atoms with Crippen LogP contribution >= 0.6 is 0 Å². The maximum absolute atomic E-state index is 12.1. The van der Waals surface area contributed by atoms with E-state index >= 15 is 0 Å². The van der Waals surface area contributed by atoms with E-state index in [0.717, 1.165) is 0 Å². The van der Waals surface area contributed by atoms with E-state index in [-0.39, 0.29) is 6.04 Å². The standard InChI is InChI=1S/C11H17N3O4/c1-11(2,3)17-10(15)14-4-5-16-6-8(14)9-12-7-13-18-9/h7-8H,4-6H2,1-3H3/t8-/m0/s1. The topological polar surface area (TPSA) is 77.7 Å². The molecule has 1 aromatic heterocycles. The van der Waals surface area contributed by atoms with Crippen molar-refractivity contribution in [1.29, 1.82) is 0 Å². The number of carbonyl (C=O) groups excluding carboxylic acids is 1. The summed E-state index contributed by atoms with van der Waals surface area (Å²) in [6.07, 6.45) is 0.908. The third-order valence-corrected chi connectivity index (χ3v) is 2.42. The van der Waals surface area contributed by atoms with Gasteiger partial charge in [0.25, 0.3) is 5.89 Å². The van der Waals surface area contributed by atoms with Gasteiger partial charge in [-0.2, -0.15) is 4.98 Å². The minimum atomic E-state index is -0.533. The van der Waals surface area contributed by atoms with Gasteiger partial charge in [0.1, 0.15) is 11.6 Å². The van der Waals surface area contributed by atoms with Gasteiger partial charge in [0.15, 0.2) is 6.33 Å². The molecule has 1 aliphatic rings. The summed E-state index contributed by atoms with van der Waals surface area (Å²) in [7, 11) is 0. The van der Waals surface area contributed by atoms with Crippen molar-refractivity contribution in [1.82, 2.24) is 15.0 Å². The average Bonchev–Trinajstić information content (AvgIpc) is 2.80. The molecule has 1 fully saturated rings. The van der Waals surface area contributed by atoms with Gasteiger partial charge in [0.2, 0.25) is 0 Å². The van der Waals surface area contributed by atoms with Gasteiger partial charge in [-0.3, -0.25) is 4.90 Å². The molecule has 18 heavy (non-hydrogen) atoms. The van der Waals surface area contributed by atoms with E-state index in [9.17, 15) is 4.79 Å². The average molecular weight is 255 g/mol. The molecule has 0 radical (unpaired) electrons. The molecule has 0 saturated carbocycles. The highest BCUT2D eigenvalue weighted by atomic mass is 16.6. The lowest BCUT2D eigenvalue weighted by atomic mass is 10.2. The van der Waals surface area contributed by atoms with Gasteiger partial charge < -0.3 is 14.0 Å². The molecular weight excluding hydrogens is 238 g/mol. The van der Waals surface area contributed by atoms with E-state index in [4.69, 9.17) is 14.0 Å². The second kappa shape index (κ2) is 4.93. The SMILES string of the molecule is CC(C)(C)OC(=O)N1CCOC[C@H]1c1ncno1. The Morgan fingerprint density at radius 3 is 2.94 bits per heavy atom. The lowest BCUT2D eigenvalue weighted by molar-refractivity contribution is -0.0401. The Hall–Kier alpha value is -1.63. The number of rotatable bonds is 1. The third-order valence-electron chi connectivity index (χ3n) is 2.42. The molecule has 7 heteroatoms. The van der Waals surface area contributed by atoms with Gasteiger partial charge in [-0.25, -0.2) is 4.79 Å². The summed E-state index contributed by atoms with van der Waals surface area (Å²) in [5.74, 6) is 0.362. The van der Waals surface area contributed by atoms with Gasteiger partial charge in [-0.15, -0.1) is 0 Å². The van der Waals surface area contributed by atoms with E-state index in [1.807, 2.05) is 20.8 Å². The monoisotopic (exact) mass is 255 g/mol. The van der Waals surface area contributed by atoms with Crippen molar-refractivity contribution >= 4 is 6.09 Å². The fraction of sp³-hybridized carbons (Fsp3) is 0.727. The van der Waals surface area contributed by atoms with Crippen molar-refractivity contribution in [3.05, 3.63) is 12.2 Å². The Bertz CT molecular complexity index is 399. The van der Waals surface area contributed by atoms with Crippen LogP contribution in [-0.4, -0.2) is 46.5 Å². The maximum Gasteiger partial charge on any atom is 0.411 e. The van der Waals surface area contributed by atoms with Crippen molar-refractivity contribution in [3.8, 4) is 0 Å². The normalized spacial score (nSPS) is 20.8. The highest BCUT2D eigenvalue weighted by Gasteiger charge is 2.34. The Balaban J connectivity index is 2.11. The molecule has 1 atom stereocenters. The molecule has 7 nitrogen and oxygen atoms in total. The van der Waals surface area contributed by atoms with E-state index in [2.05, 4.69) is 10.1 Å². The van der Waals surface area contributed by atoms with E-state index < -0.39 is 11.7 Å². The summed E-state index contributed by atoms with van der Waals surface area (Å²) >= 11 is 0. The Kier molecular flexibility index (Phi) is 3.51. The first kappa shape index (κ1) is 12.8. The maximum atomic E-state index is 12.1. The number of ether oxygens (including phenoxy) is 2. The molecular formula is C11H17N3O4. The van der Waals surface area contributed by atoms with Crippen LogP contribution in [-0.2, 0) is 9.47 Å². The molecule has 2 heterocycles. The summed E-state index contributed by atoms with van der Waals surface area (Å²) in [4.78, 5) is 17.6. The van der Waals surface area contributed by atoms with Gasteiger partial charge >= 0.3 is 6.09 Å². The van der Waals surface area contributed by atoms with Crippen molar-refractivity contribution in [2.45, 2.75) is 32.4 Å². The lowest BCUT2D eigenvalue weighted by Crippen LogP contribution is -2.45. The third kappa shape index (κ3) is 2.98. The molecule has 1 aliphatic heterocycles. The molecule has 0 aliphatic carbocycles. The number of carbonyl (C=O) groups is 1. The second-order valence-corrected chi connectivity index (χ2v) is 5.04. The number of morpholine rings is 1. The Morgan fingerprint density at radius 2 is 2.33 bits per heavy atom. The van der Waals surface area contributed by atoms with Crippen molar-refractivity contribution in [2.24, 2.45) is 0 Å². The summed E-state index contributed by atoms with van der Waals surface area (Å²) in [5.41, 5.74) is -0.533. The van der Waals surface area contributed by atoms with Crippen LogP contribution < -0.4 is 0 Å². The summed E-state index contributed by atoms with van der Waals surface area (Å²) in [6.45, 7) is 6.74. The van der Waals surface area contributed by atoms with E-state index in [1.165, 1.54) is 6.33 Å². The Morgan fingerprint density at radius 1 is 1.56 bits per heavy atom. The molecule has 0 N–H and O–H groups in total. The number of amides is 1. The fourth-order valence-corrected chi connectivity index (χ4v) is 1.68. The molecule has 1 saturated heterocycles. The summed E-state index contributed by atoms with van der Waals surface area (Å²) in [6, 6.07) is -0.379. The first-order chi connectivity index (χ1) is 8.47. The summed E-state index contributed by atoms with van der Waals surface area (Å²) < 4.78 is 15.7. The summed E-state index contributed by atoms with van der Waals surface area (Å²) in [5, 5.41) is 3.55. The predicted octanol–water partition coefficient (Wildman–Crippen LogP) is 1.38. The number of hydrogen-bond donors (Lipinski definition) is 0. The van der Waals surface area contributed by atoms with Gasteiger partial charge in [0, 0.05) is 6.54 Å².